The summed E-state index contributed by atoms with van der Waals surface area (Å²) in [5.74, 6) is 1.02. The first-order valence-corrected chi connectivity index (χ1v) is 10.0. The molecule has 0 fully saturated rings. The van der Waals surface area contributed by atoms with Crippen LogP contribution in [0.3, 0.4) is 0 Å². The van der Waals surface area contributed by atoms with Crippen molar-refractivity contribution in [3.8, 4) is 0 Å². The Balaban J connectivity index is 1.67. The van der Waals surface area contributed by atoms with Crippen LogP contribution >= 0.6 is 0 Å². The predicted octanol–water partition coefficient (Wildman–Crippen LogP) is 3.19. The number of nitrogens with one attached hydrogen (secondary N) is 1. The second kappa shape index (κ2) is 7.21. The fourth-order valence-corrected chi connectivity index (χ4v) is 4.14. The third-order valence-corrected chi connectivity index (χ3v) is 5.62. The lowest BCUT2D eigenvalue weighted by Gasteiger charge is -2.29. The summed E-state index contributed by atoms with van der Waals surface area (Å²) < 4.78 is 26.5. The fraction of sp³-hybridized carbons (Fsp3) is 0.389. The van der Waals surface area contributed by atoms with Crippen molar-refractivity contribution in [2.45, 2.75) is 32.7 Å². The van der Waals surface area contributed by atoms with Crippen LogP contribution in [0, 0.1) is 0 Å². The molecule has 0 spiro atoms. The number of aromatic nitrogens is 1. The molecule has 6 heteroatoms. The average Bonchev–Trinajstić information content (AvgIpc) is 2.60. The summed E-state index contributed by atoms with van der Waals surface area (Å²) in [6.45, 7) is 3.74. The van der Waals surface area contributed by atoms with E-state index in [1.54, 1.807) is 12.3 Å². The Morgan fingerprint density at radius 1 is 1.17 bits per heavy atom. The molecule has 2 aromatic rings. The van der Waals surface area contributed by atoms with E-state index < -0.39 is 10.0 Å². The van der Waals surface area contributed by atoms with Gasteiger partial charge in [0.15, 0.2) is 0 Å². The summed E-state index contributed by atoms with van der Waals surface area (Å²) in [5, 5.41) is 0. The zero-order chi connectivity index (χ0) is 17.0. The molecule has 1 aliphatic rings. The minimum atomic E-state index is -3.28. The molecule has 24 heavy (non-hydrogen) atoms. The lowest BCUT2D eigenvalue weighted by molar-refractivity contribution is 0.598. The minimum Gasteiger partial charge on any atom is -0.352 e. The van der Waals surface area contributed by atoms with Crippen LogP contribution in [0.2, 0.25) is 0 Å². The van der Waals surface area contributed by atoms with Crippen LogP contribution in [0.5, 0.6) is 0 Å². The Hall–Kier alpha value is -2.08. The largest absolute Gasteiger partial charge is 0.352 e. The molecular weight excluding hydrogens is 322 g/mol. The number of rotatable bonds is 6. The highest BCUT2D eigenvalue weighted by Gasteiger charge is 2.17. The number of pyridine rings is 1. The second-order valence-corrected chi connectivity index (χ2v) is 7.96. The van der Waals surface area contributed by atoms with Gasteiger partial charge in [-0.1, -0.05) is 37.6 Å². The molecule has 0 atom stereocenters. The molecule has 0 bridgehead atoms. The van der Waals surface area contributed by atoms with Gasteiger partial charge in [-0.05, 0) is 36.1 Å². The number of fused-ring (bicyclic) bond motifs is 1. The van der Waals surface area contributed by atoms with E-state index >= 15 is 0 Å². The van der Waals surface area contributed by atoms with Crippen molar-refractivity contribution >= 4 is 21.5 Å². The van der Waals surface area contributed by atoms with Gasteiger partial charge >= 0.3 is 0 Å². The summed E-state index contributed by atoms with van der Waals surface area (Å²) in [4.78, 5) is 6.66. The van der Waals surface area contributed by atoms with Gasteiger partial charge in [0.25, 0.3) is 0 Å². The Kier molecular flexibility index (Phi) is 5.04. The van der Waals surface area contributed by atoms with Crippen molar-refractivity contribution in [3.05, 3.63) is 53.7 Å². The van der Waals surface area contributed by atoms with Gasteiger partial charge in [0.2, 0.25) is 10.0 Å². The fourth-order valence-electron chi connectivity index (χ4n) is 2.89. The summed E-state index contributed by atoms with van der Waals surface area (Å²) in [5.41, 5.74) is 3.25. The van der Waals surface area contributed by atoms with Crippen LogP contribution in [0.1, 0.15) is 30.9 Å². The third-order valence-electron chi connectivity index (χ3n) is 4.24. The van der Waals surface area contributed by atoms with E-state index in [0.29, 0.717) is 12.1 Å². The molecule has 128 valence electrons. The first-order chi connectivity index (χ1) is 11.6. The van der Waals surface area contributed by atoms with E-state index in [0.717, 1.165) is 31.7 Å². The van der Waals surface area contributed by atoms with Gasteiger partial charge < -0.3 is 4.90 Å². The van der Waals surface area contributed by atoms with Gasteiger partial charge in [-0.25, -0.2) is 13.4 Å². The Labute approximate surface area is 143 Å². The first kappa shape index (κ1) is 16.8. The van der Waals surface area contributed by atoms with Gasteiger partial charge in [-0.15, -0.1) is 0 Å². The lowest BCUT2D eigenvalue weighted by atomic mass is 10.00. The number of sulfonamides is 1. The van der Waals surface area contributed by atoms with Crippen LogP contribution < -0.4 is 9.62 Å². The molecule has 1 N–H and O–H groups in total. The van der Waals surface area contributed by atoms with E-state index in [1.165, 1.54) is 11.1 Å². The summed E-state index contributed by atoms with van der Waals surface area (Å²) in [6, 6.07) is 12.1. The number of anilines is 2. The molecule has 1 aromatic heterocycles. The monoisotopic (exact) mass is 345 g/mol. The van der Waals surface area contributed by atoms with Crippen LogP contribution in [0.4, 0.5) is 11.5 Å². The summed E-state index contributed by atoms with van der Waals surface area (Å²) >= 11 is 0. The first-order valence-electron chi connectivity index (χ1n) is 8.35. The maximum Gasteiger partial charge on any atom is 0.232 e. The zero-order valence-corrected chi connectivity index (χ0v) is 14.7. The zero-order valence-electron chi connectivity index (χ0n) is 13.9. The summed E-state index contributed by atoms with van der Waals surface area (Å²) in [7, 11) is -3.28. The molecule has 1 aliphatic heterocycles. The highest BCUT2D eigenvalue weighted by molar-refractivity contribution is 7.92. The molecule has 0 saturated heterocycles. The minimum absolute atomic E-state index is 0.147. The van der Waals surface area contributed by atoms with Crippen LogP contribution in [-0.4, -0.2) is 25.7 Å². The quantitative estimate of drug-likeness (QED) is 0.873. The maximum atomic E-state index is 11.9. The van der Waals surface area contributed by atoms with Crippen molar-refractivity contribution in [3.63, 3.8) is 0 Å². The highest BCUT2D eigenvalue weighted by Crippen LogP contribution is 2.23. The van der Waals surface area contributed by atoms with Crippen molar-refractivity contribution < 1.29 is 8.42 Å². The normalized spacial score (nSPS) is 14.3. The highest BCUT2D eigenvalue weighted by atomic mass is 32.2. The third kappa shape index (κ3) is 4.06. The molecule has 0 amide bonds. The van der Waals surface area contributed by atoms with Crippen LogP contribution in [0.25, 0.3) is 0 Å². The van der Waals surface area contributed by atoms with E-state index in [4.69, 9.17) is 0 Å². The lowest BCUT2D eigenvalue weighted by Crippen LogP contribution is -2.30. The van der Waals surface area contributed by atoms with Crippen molar-refractivity contribution in [1.29, 1.82) is 0 Å². The maximum absolute atomic E-state index is 11.9. The number of unbranched alkanes of at least 4 members (excludes halogenated alkanes) is 1. The van der Waals surface area contributed by atoms with Crippen LogP contribution in [0.15, 0.2) is 42.6 Å². The molecule has 1 aromatic carbocycles. The molecular formula is C18H23N3O2S. The molecule has 3 rings (SSSR count). The molecule has 0 saturated carbocycles. The standard InChI is InChI=1S/C18H23N3O2S/c1-2-3-12-24(22,23)20-17-8-9-18(19-13-17)21-11-10-15-6-4-5-7-16(15)14-21/h4-9,13,20H,2-3,10-12,14H2,1H3. The topological polar surface area (TPSA) is 62.3 Å². The van der Waals surface area contributed by atoms with E-state index in [-0.39, 0.29) is 5.75 Å². The predicted molar refractivity (Wildman–Crippen MR) is 97.8 cm³/mol. The number of nitrogens with zero attached hydrogens (tertiary/aromatic N) is 2. The average molecular weight is 345 g/mol. The van der Waals surface area contributed by atoms with Gasteiger partial charge in [0, 0.05) is 13.1 Å². The smallest absolute Gasteiger partial charge is 0.232 e. The van der Waals surface area contributed by atoms with Gasteiger partial charge in [-0.2, -0.15) is 0 Å². The van der Waals surface area contributed by atoms with Crippen molar-refractivity contribution in [2.24, 2.45) is 0 Å². The second-order valence-electron chi connectivity index (χ2n) is 6.12. The molecule has 0 radical (unpaired) electrons. The summed E-state index contributed by atoms with van der Waals surface area (Å²) in [6.07, 6.45) is 4.12. The Morgan fingerprint density at radius 3 is 2.67 bits per heavy atom. The van der Waals surface area contributed by atoms with Gasteiger partial charge in [0.1, 0.15) is 5.82 Å². The molecule has 2 heterocycles. The van der Waals surface area contributed by atoms with Crippen molar-refractivity contribution in [1.82, 2.24) is 4.98 Å². The Bertz CT molecular complexity index is 788. The number of hydrogen-bond donors (Lipinski definition) is 1. The Morgan fingerprint density at radius 2 is 1.96 bits per heavy atom. The number of benzene rings is 1. The van der Waals surface area contributed by atoms with Crippen molar-refractivity contribution in [2.75, 3.05) is 21.9 Å². The van der Waals surface area contributed by atoms with E-state index in [1.807, 2.05) is 13.0 Å². The van der Waals surface area contributed by atoms with Crippen LogP contribution in [-0.2, 0) is 23.0 Å². The molecule has 0 aliphatic carbocycles. The van der Waals surface area contributed by atoms with E-state index in [2.05, 4.69) is 38.9 Å². The van der Waals surface area contributed by atoms with Gasteiger partial charge in [0.05, 0.1) is 17.6 Å². The SMILES string of the molecule is CCCCS(=O)(=O)Nc1ccc(N2CCc3ccccc3C2)nc1. The van der Waals surface area contributed by atoms with Gasteiger partial charge in [-0.3, -0.25) is 4.72 Å². The molecule has 5 nitrogen and oxygen atoms in total. The van der Waals surface area contributed by atoms with E-state index in [9.17, 15) is 8.42 Å². The number of hydrogen-bond acceptors (Lipinski definition) is 4. The molecule has 0 unspecified atom stereocenters.